The van der Waals surface area contributed by atoms with Crippen molar-refractivity contribution in [2.45, 2.75) is 18.9 Å². The van der Waals surface area contributed by atoms with Gasteiger partial charge in [0, 0.05) is 6.61 Å². The second-order valence-electron chi connectivity index (χ2n) is 3.60. The summed E-state index contributed by atoms with van der Waals surface area (Å²) in [4.78, 5) is 8.59. The summed E-state index contributed by atoms with van der Waals surface area (Å²) in [5.74, 6) is 1.10. The first kappa shape index (κ1) is 8.60. The Morgan fingerprint density at radius 2 is 2.40 bits per heavy atom. The van der Waals surface area contributed by atoms with Crippen LogP contribution < -0.4 is 5.73 Å². The number of ether oxygens (including phenoxy) is 1. The van der Waals surface area contributed by atoms with Gasteiger partial charge in [-0.1, -0.05) is 0 Å². The van der Waals surface area contributed by atoms with Crippen molar-refractivity contribution in [1.29, 1.82) is 0 Å². The number of aromatic amines is 1. The first-order valence-corrected chi connectivity index (χ1v) is 4.92. The summed E-state index contributed by atoms with van der Waals surface area (Å²) in [6, 6.07) is 0. The number of nitrogens with zero attached hydrogens (tertiary/aromatic N) is 3. The molecule has 1 atom stereocenters. The Balaban J connectivity index is 2.11. The number of fused-ring (bicyclic) bond motifs is 1. The highest BCUT2D eigenvalue weighted by molar-refractivity contribution is 5.83. The molecule has 0 aromatic carbocycles. The van der Waals surface area contributed by atoms with Gasteiger partial charge in [0.2, 0.25) is 0 Å². The standard InChI is InChI=1S/C9H11N5O/c10-8-7-5(4-11-14-7)12-9(13-8)6-2-1-3-15-6/h4,6H,1-3H2,(H,11,14)(H2,10,12,13). The fraction of sp³-hybridized carbons (Fsp3) is 0.444. The third kappa shape index (κ3) is 1.33. The average Bonchev–Trinajstić information content (AvgIpc) is 2.88. The molecule has 0 bridgehead atoms. The van der Waals surface area contributed by atoms with E-state index in [2.05, 4.69) is 20.2 Å². The largest absolute Gasteiger partial charge is 0.382 e. The predicted molar refractivity (Wildman–Crippen MR) is 54.0 cm³/mol. The SMILES string of the molecule is Nc1nc(C2CCCO2)nc2cn[nH]c12. The molecule has 1 saturated heterocycles. The van der Waals surface area contributed by atoms with Gasteiger partial charge in [0.15, 0.2) is 11.6 Å². The summed E-state index contributed by atoms with van der Waals surface area (Å²) >= 11 is 0. The molecule has 6 heteroatoms. The van der Waals surface area contributed by atoms with E-state index in [0.717, 1.165) is 25.0 Å². The lowest BCUT2D eigenvalue weighted by molar-refractivity contribution is 0.105. The highest BCUT2D eigenvalue weighted by Crippen LogP contribution is 2.27. The number of nitrogen functional groups attached to an aromatic ring is 1. The van der Waals surface area contributed by atoms with Crippen LogP contribution >= 0.6 is 0 Å². The zero-order valence-electron chi connectivity index (χ0n) is 8.10. The van der Waals surface area contributed by atoms with Crippen molar-refractivity contribution in [3.8, 4) is 0 Å². The van der Waals surface area contributed by atoms with Crippen LogP contribution in [0.3, 0.4) is 0 Å². The molecule has 3 rings (SSSR count). The van der Waals surface area contributed by atoms with Crippen LogP contribution in [-0.4, -0.2) is 26.8 Å². The van der Waals surface area contributed by atoms with Crippen molar-refractivity contribution in [1.82, 2.24) is 20.2 Å². The van der Waals surface area contributed by atoms with E-state index in [0.29, 0.717) is 17.2 Å². The second-order valence-corrected chi connectivity index (χ2v) is 3.60. The number of aromatic nitrogens is 4. The Morgan fingerprint density at radius 3 is 3.20 bits per heavy atom. The van der Waals surface area contributed by atoms with Gasteiger partial charge >= 0.3 is 0 Å². The van der Waals surface area contributed by atoms with Crippen molar-refractivity contribution in [2.24, 2.45) is 0 Å². The number of hydrogen-bond donors (Lipinski definition) is 2. The van der Waals surface area contributed by atoms with Crippen LogP contribution in [0.5, 0.6) is 0 Å². The molecule has 6 nitrogen and oxygen atoms in total. The molecule has 1 aliphatic rings. The van der Waals surface area contributed by atoms with Gasteiger partial charge in [0.05, 0.1) is 6.20 Å². The highest BCUT2D eigenvalue weighted by Gasteiger charge is 2.21. The van der Waals surface area contributed by atoms with Gasteiger partial charge in [-0.15, -0.1) is 0 Å². The summed E-state index contributed by atoms with van der Waals surface area (Å²) in [6.07, 6.45) is 3.65. The van der Waals surface area contributed by atoms with E-state index < -0.39 is 0 Å². The van der Waals surface area contributed by atoms with Crippen LogP contribution in [0.1, 0.15) is 24.8 Å². The van der Waals surface area contributed by atoms with Gasteiger partial charge in [-0.05, 0) is 12.8 Å². The van der Waals surface area contributed by atoms with Gasteiger partial charge in [0.25, 0.3) is 0 Å². The molecule has 3 N–H and O–H groups in total. The number of nitrogens with two attached hydrogens (primary N) is 1. The fourth-order valence-corrected chi connectivity index (χ4v) is 1.81. The van der Waals surface area contributed by atoms with Crippen molar-refractivity contribution < 1.29 is 4.74 Å². The third-order valence-electron chi connectivity index (χ3n) is 2.56. The van der Waals surface area contributed by atoms with E-state index in [-0.39, 0.29) is 6.10 Å². The first-order chi connectivity index (χ1) is 7.34. The topological polar surface area (TPSA) is 89.7 Å². The van der Waals surface area contributed by atoms with Gasteiger partial charge in [-0.3, -0.25) is 5.10 Å². The van der Waals surface area contributed by atoms with E-state index >= 15 is 0 Å². The molecular weight excluding hydrogens is 194 g/mol. The summed E-state index contributed by atoms with van der Waals surface area (Å²) in [5, 5.41) is 6.65. The summed E-state index contributed by atoms with van der Waals surface area (Å²) in [6.45, 7) is 0.775. The van der Waals surface area contributed by atoms with Crippen LogP contribution in [0, 0.1) is 0 Å². The molecule has 0 radical (unpaired) electrons. The Labute approximate surface area is 85.9 Å². The molecule has 1 fully saturated rings. The van der Waals surface area contributed by atoms with Gasteiger partial charge < -0.3 is 10.5 Å². The molecule has 1 unspecified atom stereocenters. The quantitative estimate of drug-likeness (QED) is 0.718. The van der Waals surface area contributed by atoms with Crippen molar-refractivity contribution in [3.63, 3.8) is 0 Å². The Bertz CT molecular complexity index is 488. The minimum atomic E-state index is -0.00778. The minimum Gasteiger partial charge on any atom is -0.382 e. The van der Waals surface area contributed by atoms with Crippen molar-refractivity contribution >= 4 is 16.9 Å². The van der Waals surface area contributed by atoms with E-state index in [1.165, 1.54) is 0 Å². The lowest BCUT2D eigenvalue weighted by atomic mass is 10.2. The van der Waals surface area contributed by atoms with E-state index in [1.54, 1.807) is 6.20 Å². The van der Waals surface area contributed by atoms with Crippen LogP contribution in [0.4, 0.5) is 5.82 Å². The molecule has 78 valence electrons. The maximum atomic E-state index is 5.79. The average molecular weight is 205 g/mol. The summed E-state index contributed by atoms with van der Waals surface area (Å²) < 4.78 is 5.51. The third-order valence-corrected chi connectivity index (χ3v) is 2.56. The monoisotopic (exact) mass is 205 g/mol. The number of hydrogen-bond acceptors (Lipinski definition) is 5. The lowest BCUT2D eigenvalue weighted by Gasteiger charge is -2.07. The summed E-state index contributed by atoms with van der Waals surface area (Å²) in [5.41, 5.74) is 7.23. The van der Waals surface area contributed by atoms with Crippen molar-refractivity contribution in [3.05, 3.63) is 12.0 Å². The zero-order valence-corrected chi connectivity index (χ0v) is 8.10. The molecular formula is C9H11N5O. The number of H-pyrrole nitrogens is 1. The molecule has 3 heterocycles. The maximum Gasteiger partial charge on any atom is 0.160 e. The van der Waals surface area contributed by atoms with E-state index in [1.807, 2.05) is 0 Å². The van der Waals surface area contributed by atoms with Crippen LogP contribution in [0.15, 0.2) is 6.20 Å². The predicted octanol–water partition coefficient (Wildman–Crippen LogP) is 0.787. The van der Waals surface area contributed by atoms with Crippen LogP contribution in [-0.2, 0) is 4.74 Å². The Hall–Kier alpha value is -1.69. The first-order valence-electron chi connectivity index (χ1n) is 4.92. The van der Waals surface area contributed by atoms with Gasteiger partial charge in [-0.2, -0.15) is 5.10 Å². The van der Waals surface area contributed by atoms with Crippen molar-refractivity contribution in [2.75, 3.05) is 12.3 Å². The molecule has 0 aliphatic carbocycles. The second kappa shape index (κ2) is 3.16. The molecule has 1 aliphatic heterocycles. The molecule has 2 aromatic heterocycles. The van der Waals surface area contributed by atoms with Crippen LogP contribution in [0.2, 0.25) is 0 Å². The highest BCUT2D eigenvalue weighted by atomic mass is 16.5. The minimum absolute atomic E-state index is 0.00778. The maximum absolute atomic E-state index is 5.79. The smallest absolute Gasteiger partial charge is 0.160 e. The summed E-state index contributed by atoms with van der Waals surface area (Å²) in [7, 11) is 0. The molecule has 0 saturated carbocycles. The lowest BCUT2D eigenvalue weighted by Crippen LogP contribution is -2.05. The van der Waals surface area contributed by atoms with Gasteiger partial charge in [-0.25, -0.2) is 9.97 Å². The Kier molecular flexibility index (Phi) is 1.81. The molecule has 15 heavy (non-hydrogen) atoms. The van der Waals surface area contributed by atoms with Gasteiger partial charge in [0.1, 0.15) is 17.1 Å². The molecule has 0 spiro atoms. The number of rotatable bonds is 1. The van der Waals surface area contributed by atoms with E-state index in [4.69, 9.17) is 10.5 Å². The van der Waals surface area contributed by atoms with Crippen LogP contribution in [0.25, 0.3) is 11.0 Å². The normalized spacial score (nSPS) is 21.2. The number of anilines is 1. The zero-order chi connectivity index (χ0) is 10.3. The van der Waals surface area contributed by atoms with E-state index in [9.17, 15) is 0 Å². The fourth-order valence-electron chi connectivity index (χ4n) is 1.81. The molecule has 0 amide bonds. The molecule has 2 aromatic rings. The number of nitrogens with one attached hydrogen (secondary N) is 1. The Morgan fingerprint density at radius 1 is 1.47 bits per heavy atom.